The van der Waals surface area contributed by atoms with E-state index < -0.39 is 5.97 Å². The van der Waals surface area contributed by atoms with Crippen LogP contribution >= 0.6 is 11.3 Å². The summed E-state index contributed by atoms with van der Waals surface area (Å²) in [6.07, 6.45) is 9.68. The van der Waals surface area contributed by atoms with E-state index in [2.05, 4.69) is 35.8 Å². The molecule has 2 aromatic rings. The summed E-state index contributed by atoms with van der Waals surface area (Å²) in [5.74, 6) is -0.492. The largest absolute Gasteiger partial charge is 0.481 e. The van der Waals surface area contributed by atoms with Gasteiger partial charge >= 0.3 is 5.97 Å². The number of carboxylic acid groups (broad SMARTS) is 1. The van der Waals surface area contributed by atoms with E-state index in [9.17, 15) is 9.59 Å². The maximum atomic E-state index is 13.1. The average molecular weight is 415 g/mol. The summed E-state index contributed by atoms with van der Waals surface area (Å²) in [5.41, 5.74) is 8.31. The minimum atomic E-state index is -0.754. The van der Waals surface area contributed by atoms with Crippen molar-refractivity contribution in [3.05, 3.63) is 46.9 Å². The Morgan fingerprint density at radius 1 is 1.31 bits per heavy atom. The van der Waals surface area contributed by atoms with Crippen LogP contribution in [0, 0.1) is 12.8 Å². The van der Waals surface area contributed by atoms with Crippen molar-refractivity contribution in [1.82, 2.24) is 5.32 Å². The number of carbonyl (C=O) groups is 2. The molecule has 1 aliphatic carbocycles. The minimum absolute atomic E-state index is 0.0395. The first-order valence-corrected chi connectivity index (χ1v) is 11.3. The van der Waals surface area contributed by atoms with E-state index >= 15 is 0 Å². The normalized spacial score (nSPS) is 22.2. The third-order valence-corrected chi connectivity index (χ3v) is 6.93. The van der Waals surface area contributed by atoms with Crippen LogP contribution < -0.4 is 11.1 Å². The number of aryl methyl sites for hydroxylation is 1. The summed E-state index contributed by atoms with van der Waals surface area (Å²) < 4.78 is 1.03. The number of hydrogen-bond acceptors (Lipinski definition) is 4. The van der Waals surface area contributed by atoms with Crippen molar-refractivity contribution in [2.75, 3.05) is 0 Å². The third kappa shape index (κ3) is 5.46. The Morgan fingerprint density at radius 2 is 2.14 bits per heavy atom. The fourth-order valence-electron chi connectivity index (χ4n) is 4.17. The zero-order valence-corrected chi connectivity index (χ0v) is 17.7. The summed E-state index contributed by atoms with van der Waals surface area (Å²) in [6, 6.07) is 5.80. The molecule has 0 bridgehead atoms. The Hall–Kier alpha value is -2.18. The standard InChI is InChI=1S/C23H30N2O3S/c1-15-14-29-22-17(15)10-7-11-18(22)23(28)25-21-16(9-6-12-19(21)24)8-4-2-3-5-13-20(26)27/h2,4,7,10-11,14,16,19,21H,3,5-6,8-9,12-13,24H2,1H3,(H,25,28)(H,26,27)/b4-2-. The lowest BCUT2D eigenvalue weighted by atomic mass is 9.79. The van der Waals surface area contributed by atoms with Crippen LogP contribution in [0.2, 0.25) is 0 Å². The summed E-state index contributed by atoms with van der Waals surface area (Å²) >= 11 is 1.61. The molecule has 0 saturated heterocycles. The van der Waals surface area contributed by atoms with Crippen LogP contribution in [0.5, 0.6) is 0 Å². The lowest BCUT2D eigenvalue weighted by Crippen LogP contribution is -2.53. The summed E-state index contributed by atoms with van der Waals surface area (Å²) in [6.45, 7) is 2.07. The van der Waals surface area contributed by atoms with Crippen LogP contribution in [-0.4, -0.2) is 29.1 Å². The number of nitrogens with one attached hydrogen (secondary N) is 1. The molecule has 0 aliphatic heterocycles. The van der Waals surface area contributed by atoms with Gasteiger partial charge in [0.15, 0.2) is 0 Å². The summed E-state index contributed by atoms with van der Waals surface area (Å²) in [4.78, 5) is 23.7. The summed E-state index contributed by atoms with van der Waals surface area (Å²) in [7, 11) is 0. The highest BCUT2D eigenvalue weighted by Crippen LogP contribution is 2.30. The first kappa shape index (κ1) is 21.5. The molecule has 3 rings (SSSR count). The molecule has 1 aromatic heterocycles. The zero-order valence-electron chi connectivity index (χ0n) is 16.9. The van der Waals surface area contributed by atoms with Gasteiger partial charge in [-0.1, -0.05) is 30.7 Å². The molecular formula is C23H30N2O3S. The van der Waals surface area contributed by atoms with Crippen LogP contribution in [-0.2, 0) is 4.79 Å². The molecule has 1 fully saturated rings. The second-order valence-electron chi connectivity index (χ2n) is 7.95. The van der Waals surface area contributed by atoms with E-state index in [1.54, 1.807) is 11.3 Å². The molecule has 5 nitrogen and oxygen atoms in total. The van der Waals surface area contributed by atoms with Gasteiger partial charge in [0.2, 0.25) is 0 Å². The SMILES string of the molecule is Cc1csc2c(C(=O)NC3C(N)CCCC3C/C=C\CCCC(=O)O)cccc12. The van der Waals surface area contributed by atoms with Crippen LogP contribution in [0.15, 0.2) is 35.7 Å². The minimum Gasteiger partial charge on any atom is -0.481 e. The molecule has 29 heavy (non-hydrogen) atoms. The molecule has 156 valence electrons. The van der Waals surface area contributed by atoms with Crippen LogP contribution in [0.25, 0.3) is 10.1 Å². The van der Waals surface area contributed by atoms with Crippen molar-refractivity contribution in [3.8, 4) is 0 Å². The van der Waals surface area contributed by atoms with Crippen molar-refractivity contribution in [1.29, 1.82) is 0 Å². The molecule has 1 aliphatic rings. The van der Waals surface area contributed by atoms with Gasteiger partial charge in [-0.25, -0.2) is 0 Å². The van der Waals surface area contributed by atoms with E-state index in [0.29, 0.717) is 12.3 Å². The van der Waals surface area contributed by atoms with Crippen molar-refractivity contribution in [2.24, 2.45) is 11.7 Å². The Balaban J connectivity index is 1.65. The molecule has 1 saturated carbocycles. The van der Waals surface area contributed by atoms with E-state index in [4.69, 9.17) is 10.8 Å². The predicted octanol–water partition coefficient (Wildman–Crippen LogP) is 4.64. The number of benzene rings is 1. The number of allylic oxidation sites excluding steroid dienone is 2. The Bertz CT molecular complexity index is 889. The average Bonchev–Trinajstić information content (AvgIpc) is 3.07. The number of nitrogens with two attached hydrogens (primary N) is 1. The van der Waals surface area contributed by atoms with Crippen molar-refractivity contribution in [3.63, 3.8) is 0 Å². The van der Waals surface area contributed by atoms with E-state index in [0.717, 1.165) is 47.8 Å². The van der Waals surface area contributed by atoms with Gasteiger partial charge in [-0.3, -0.25) is 9.59 Å². The number of carboxylic acids is 1. The molecule has 6 heteroatoms. The monoisotopic (exact) mass is 414 g/mol. The van der Waals surface area contributed by atoms with Gasteiger partial charge in [0, 0.05) is 23.2 Å². The van der Waals surface area contributed by atoms with Gasteiger partial charge in [-0.15, -0.1) is 11.3 Å². The Labute approximate surface area is 176 Å². The number of hydrogen-bond donors (Lipinski definition) is 3. The molecule has 0 spiro atoms. The van der Waals surface area contributed by atoms with Gasteiger partial charge in [0.05, 0.1) is 5.56 Å². The number of unbranched alkanes of at least 4 members (excludes halogenated alkanes) is 1. The highest BCUT2D eigenvalue weighted by molar-refractivity contribution is 7.17. The van der Waals surface area contributed by atoms with E-state index in [1.165, 1.54) is 5.56 Å². The molecule has 4 N–H and O–H groups in total. The second-order valence-corrected chi connectivity index (χ2v) is 8.83. The summed E-state index contributed by atoms with van der Waals surface area (Å²) in [5, 5.41) is 15.2. The fourth-order valence-corrected chi connectivity index (χ4v) is 5.23. The number of aliphatic carboxylic acids is 1. The molecule has 1 heterocycles. The number of thiophene rings is 1. The van der Waals surface area contributed by atoms with Gasteiger partial charge in [-0.05, 0) is 67.3 Å². The maximum Gasteiger partial charge on any atom is 0.303 e. The van der Waals surface area contributed by atoms with Crippen LogP contribution in [0.4, 0.5) is 0 Å². The number of carbonyl (C=O) groups excluding carboxylic acids is 1. The lowest BCUT2D eigenvalue weighted by Gasteiger charge is -2.36. The first-order valence-electron chi connectivity index (χ1n) is 10.4. The number of fused-ring (bicyclic) bond motifs is 1. The lowest BCUT2D eigenvalue weighted by molar-refractivity contribution is -0.137. The topological polar surface area (TPSA) is 92.4 Å². The van der Waals surface area contributed by atoms with Gasteiger partial charge < -0.3 is 16.2 Å². The van der Waals surface area contributed by atoms with Gasteiger partial charge in [0.1, 0.15) is 0 Å². The van der Waals surface area contributed by atoms with Crippen LogP contribution in [0.1, 0.15) is 60.9 Å². The molecule has 1 amide bonds. The molecule has 0 radical (unpaired) electrons. The number of amides is 1. The number of rotatable bonds is 8. The Kier molecular flexibility index (Phi) is 7.45. The van der Waals surface area contributed by atoms with Gasteiger partial charge in [0.25, 0.3) is 5.91 Å². The zero-order chi connectivity index (χ0) is 20.8. The predicted molar refractivity (Wildman–Crippen MR) is 118 cm³/mol. The third-order valence-electron chi connectivity index (χ3n) is 5.78. The molecular weight excluding hydrogens is 384 g/mol. The quantitative estimate of drug-likeness (QED) is 0.433. The van der Waals surface area contributed by atoms with E-state index in [1.807, 2.05) is 12.1 Å². The maximum absolute atomic E-state index is 13.1. The van der Waals surface area contributed by atoms with Crippen molar-refractivity contribution >= 4 is 33.3 Å². The first-order chi connectivity index (χ1) is 14.0. The fraction of sp³-hybridized carbons (Fsp3) is 0.478. The molecule has 3 atom stereocenters. The Morgan fingerprint density at radius 3 is 2.93 bits per heavy atom. The molecule has 1 aromatic carbocycles. The molecule has 3 unspecified atom stereocenters. The van der Waals surface area contributed by atoms with Gasteiger partial charge in [-0.2, -0.15) is 0 Å². The van der Waals surface area contributed by atoms with E-state index in [-0.39, 0.29) is 24.4 Å². The van der Waals surface area contributed by atoms with Crippen LogP contribution in [0.3, 0.4) is 0 Å². The van der Waals surface area contributed by atoms with Crippen molar-refractivity contribution in [2.45, 2.75) is 64.0 Å². The smallest absolute Gasteiger partial charge is 0.303 e. The second kappa shape index (κ2) is 10.0. The van der Waals surface area contributed by atoms with Crippen molar-refractivity contribution < 1.29 is 14.7 Å². The highest BCUT2D eigenvalue weighted by Gasteiger charge is 2.32. The highest BCUT2D eigenvalue weighted by atomic mass is 32.1.